The minimum absolute atomic E-state index is 0.00180. The Balaban J connectivity index is 0.000000278. The van der Waals surface area contributed by atoms with Crippen molar-refractivity contribution in [1.29, 1.82) is 0 Å². The van der Waals surface area contributed by atoms with E-state index in [2.05, 4.69) is 10.6 Å². The Hall–Kier alpha value is -4.89. The van der Waals surface area contributed by atoms with Crippen LogP contribution in [0, 0.1) is 5.82 Å². The van der Waals surface area contributed by atoms with E-state index in [1.807, 2.05) is 50.4 Å². The number of carbonyl (C=O) groups is 4. The van der Waals surface area contributed by atoms with Crippen LogP contribution in [0.2, 0.25) is 0 Å². The van der Waals surface area contributed by atoms with Crippen molar-refractivity contribution < 1.29 is 48.0 Å². The number of halogens is 1. The summed E-state index contributed by atoms with van der Waals surface area (Å²) >= 11 is 2.38. The van der Waals surface area contributed by atoms with Gasteiger partial charge in [-0.3, -0.25) is 29.8 Å². The summed E-state index contributed by atoms with van der Waals surface area (Å²) in [5, 5.41) is 23.7. The van der Waals surface area contributed by atoms with Crippen LogP contribution in [-0.4, -0.2) is 70.8 Å². The van der Waals surface area contributed by atoms with Gasteiger partial charge >= 0.3 is 0 Å². The summed E-state index contributed by atoms with van der Waals surface area (Å²) in [6.07, 6.45) is 1.48. The summed E-state index contributed by atoms with van der Waals surface area (Å²) in [7, 11) is 1.58. The molecule has 0 aliphatic carbocycles. The number of carbonyl (C=O) groups excluding carboxylic acids is 4. The number of hydrogen-bond acceptors (Lipinski definition) is 11. The predicted molar refractivity (Wildman–Crippen MR) is 208 cm³/mol. The zero-order chi connectivity index (χ0) is 39.5. The van der Waals surface area contributed by atoms with E-state index in [1.54, 1.807) is 55.6 Å². The average molecular weight is 781 g/mol. The lowest BCUT2D eigenvalue weighted by Gasteiger charge is -2.15. The standard InChI is InChI=1S/C20H23NO5S.C18H16FNO4S.C2H6/c1-25-17-5-3-4-15(11-17)18(23)12-26-16-8-6-14(7-9-16)10-19(27-2)20(24)21-13-22;19-13-3-1-2-12(9-13)15(21)10-24-14-6-4-11(5-7-14)8-16-17(22)20-18(23)25-16;1-2/h3-9,11,13,18-19,23H,10,12H2,1-2H3,(H,21,22,24);1-7,9,15-16,21H,8,10H2,(H,20,22,23);1-2H3. The molecule has 1 aliphatic rings. The van der Waals surface area contributed by atoms with Crippen LogP contribution in [0.15, 0.2) is 97.1 Å². The number of hydrogen-bond donors (Lipinski definition) is 4. The lowest BCUT2D eigenvalue weighted by atomic mass is 10.1. The third-order valence-electron chi connectivity index (χ3n) is 7.76. The van der Waals surface area contributed by atoms with Gasteiger partial charge in [-0.1, -0.05) is 74.1 Å². The summed E-state index contributed by atoms with van der Waals surface area (Å²) in [5.74, 6) is 0.872. The molecule has 0 radical (unpaired) electrons. The van der Waals surface area contributed by atoms with E-state index in [0.29, 0.717) is 42.1 Å². The first-order chi connectivity index (χ1) is 26.1. The molecular weight excluding hydrogens is 736 g/mol. The van der Waals surface area contributed by atoms with E-state index in [-0.39, 0.29) is 35.5 Å². The van der Waals surface area contributed by atoms with E-state index in [1.165, 1.54) is 30.0 Å². The van der Waals surface area contributed by atoms with Crippen LogP contribution in [0.5, 0.6) is 17.2 Å². The lowest BCUT2D eigenvalue weighted by molar-refractivity contribution is -0.125. The van der Waals surface area contributed by atoms with Gasteiger partial charge in [0.1, 0.15) is 48.5 Å². The van der Waals surface area contributed by atoms with Crippen molar-refractivity contribution in [1.82, 2.24) is 10.6 Å². The monoisotopic (exact) mass is 780 g/mol. The molecule has 4 amide bonds. The molecule has 1 fully saturated rings. The van der Waals surface area contributed by atoms with E-state index in [9.17, 15) is 33.8 Å². The van der Waals surface area contributed by atoms with Crippen LogP contribution in [0.25, 0.3) is 0 Å². The Morgan fingerprint density at radius 2 is 1.43 bits per heavy atom. The van der Waals surface area contributed by atoms with Gasteiger partial charge in [0.25, 0.3) is 5.24 Å². The molecule has 0 saturated carbocycles. The molecule has 5 rings (SSSR count). The van der Waals surface area contributed by atoms with Gasteiger partial charge in [-0.15, -0.1) is 0 Å². The number of nitrogens with one attached hydrogen (secondary N) is 2. The number of imide groups is 2. The van der Waals surface area contributed by atoms with E-state index in [0.717, 1.165) is 28.5 Å². The second kappa shape index (κ2) is 23.0. The van der Waals surface area contributed by atoms with Gasteiger partial charge in [-0.2, -0.15) is 11.8 Å². The largest absolute Gasteiger partial charge is 0.497 e. The number of ether oxygens (including phenoxy) is 3. The van der Waals surface area contributed by atoms with Gasteiger partial charge in [0, 0.05) is 0 Å². The second-order valence-electron chi connectivity index (χ2n) is 11.4. The summed E-state index contributed by atoms with van der Waals surface area (Å²) in [4.78, 5) is 44.9. The Morgan fingerprint density at radius 3 is 1.93 bits per heavy atom. The predicted octanol–water partition coefficient (Wildman–Crippen LogP) is 6.21. The maximum Gasteiger partial charge on any atom is 0.286 e. The van der Waals surface area contributed by atoms with Gasteiger partial charge in [0.05, 0.1) is 17.6 Å². The number of thioether (sulfide) groups is 2. The fourth-order valence-electron chi connectivity index (χ4n) is 4.94. The van der Waals surface area contributed by atoms with Crippen LogP contribution < -0.4 is 24.8 Å². The van der Waals surface area contributed by atoms with Crippen molar-refractivity contribution in [2.75, 3.05) is 26.6 Å². The first-order valence-corrected chi connectivity index (χ1v) is 19.2. The Labute approximate surface area is 323 Å². The quantitative estimate of drug-likeness (QED) is 0.0958. The molecule has 4 N–H and O–H groups in total. The number of methoxy groups -OCH3 is 1. The molecule has 0 spiro atoms. The molecule has 1 heterocycles. The number of amides is 4. The molecule has 11 nitrogen and oxygen atoms in total. The van der Waals surface area contributed by atoms with Crippen molar-refractivity contribution in [3.05, 3.63) is 125 Å². The van der Waals surface area contributed by atoms with Crippen molar-refractivity contribution in [3.63, 3.8) is 0 Å². The van der Waals surface area contributed by atoms with Gasteiger partial charge in [-0.05, 0) is 89.9 Å². The number of aliphatic hydroxyl groups is 2. The molecule has 0 bridgehead atoms. The van der Waals surface area contributed by atoms with Crippen molar-refractivity contribution in [2.24, 2.45) is 0 Å². The number of benzene rings is 4. The normalized spacial score (nSPS) is 14.8. The lowest BCUT2D eigenvalue weighted by Crippen LogP contribution is -2.32. The minimum Gasteiger partial charge on any atom is -0.497 e. The van der Waals surface area contributed by atoms with Crippen LogP contribution in [0.3, 0.4) is 0 Å². The van der Waals surface area contributed by atoms with Gasteiger partial charge in [-0.25, -0.2) is 4.39 Å². The van der Waals surface area contributed by atoms with E-state index in [4.69, 9.17) is 14.2 Å². The fourth-order valence-corrected chi connectivity index (χ4v) is 6.44. The molecule has 0 aromatic heterocycles. The molecule has 288 valence electrons. The molecule has 54 heavy (non-hydrogen) atoms. The summed E-state index contributed by atoms with van der Waals surface area (Å²) < 4.78 is 29.5. The molecular formula is C40H45FN2O9S2. The van der Waals surface area contributed by atoms with Crippen molar-refractivity contribution in [3.8, 4) is 17.2 Å². The summed E-state index contributed by atoms with van der Waals surface area (Å²) in [6.45, 7) is 4.11. The first kappa shape index (κ1) is 43.5. The highest BCUT2D eigenvalue weighted by molar-refractivity contribution is 8.15. The van der Waals surface area contributed by atoms with Crippen molar-refractivity contribution >= 4 is 47.0 Å². The van der Waals surface area contributed by atoms with Crippen LogP contribution >= 0.6 is 23.5 Å². The Kier molecular flexibility index (Phi) is 18.5. The molecule has 4 aromatic carbocycles. The fraction of sp³-hybridized carbons (Fsp3) is 0.300. The number of rotatable bonds is 16. The molecule has 1 aliphatic heterocycles. The molecule has 1 saturated heterocycles. The Morgan fingerprint density at radius 1 is 0.870 bits per heavy atom. The summed E-state index contributed by atoms with van der Waals surface area (Å²) in [5.41, 5.74) is 3.03. The highest BCUT2D eigenvalue weighted by Crippen LogP contribution is 2.25. The van der Waals surface area contributed by atoms with Crippen LogP contribution in [0.4, 0.5) is 9.18 Å². The SMILES string of the molecule is CC.COc1cccc(C(O)COc2ccc(CC(SC)C(=O)NC=O)cc2)c1.O=C1NC(=O)C(Cc2ccc(OCC(O)c3cccc(F)c3)cc2)S1. The topological polar surface area (TPSA) is 160 Å². The molecule has 4 aromatic rings. The highest BCUT2D eigenvalue weighted by atomic mass is 32.2. The summed E-state index contributed by atoms with van der Waals surface area (Å²) in [6, 6.07) is 27.3. The number of aliphatic hydroxyl groups excluding tert-OH is 2. The van der Waals surface area contributed by atoms with Gasteiger partial charge in [0.15, 0.2) is 0 Å². The first-order valence-electron chi connectivity index (χ1n) is 17.1. The zero-order valence-electron chi connectivity index (χ0n) is 30.4. The zero-order valence-corrected chi connectivity index (χ0v) is 32.0. The third kappa shape index (κ3) is 14.2. The second-order valence-corrected chi connectivity index (χ2v) is 13.6. The van der Waals surface area contributed by atoms with E-state index < -0.39 is 23.3 Å². The molecule has 4 unspecified atom stereocenters. The van der Waals surface area contributed by atoms with Gasteiger partial charge in [0.2, 0.25) is 18.2 Å². The van der Waals surface area contributed by atoms with Crippen LogP contribution in [0.1, 0.15) is 48.3 Å². The van der Waals surface area contributed by atoms with Crippen molar-refractivity contribution in [2.45, 2.75) is 49.4 Å². The molecule has 4 atom stereocenters. The minimum atomic E-state index is -0.931. The van der Waals surface area contributed by atoms with Crippen LogP contribution in [-0.2, 0) is 27.2 Å². The molecule has 14 heteroatoms. The maximum absolute atomic E-state index is 13.2. The third-order valence-corrected chi connectivity index (χ3v) is 9.69. The van der Waals surface area contributed by atoms with E-state index >= 15 is 0 Å². The highest BCUT2D eigenvalue weighted by Gasteiger charge is 2.31. The maximum atomic E-state index is 13.2. The van der Waals surface area contributed by atoms with Gasteiger partial charge < -0.3 is 24.4 Å². The average Bonchev–Trinajstić information content (AvgIpc) is 3.52. The Bertz CT molecular complexity index is 1800. The smallest absolute Gasteiger partial charge is 0.286 e.